The number of carbonyl (C=O) groups excluding carboxylic acids is 10. The molecule has 36 heteroatoms. The first-order valence-corrected chi connectivity index (χ1v) is 44.2. The van der Waals surface area contributed by atoms with Gasteiger partial charge in [-0.05, 0) is 133 Å². The molecule has 648 valence electrons. The normalized spacial score (nSPS) is 22.1. The lowest BCUT2D eigenvalue weighted by molar-refractivity contribution is -0.144. The second kappa shape index (κ2) is 36.9. The van der Waals surface area contributed by atoms with Crippen LogP contribution in [0.2, 0.25) is 0 Å². The highest BCUT2D eigenvalue weighted by Crippen LogP contribution is 2.36. The number of likely N-dealkylation sites (N-methyl/N-ethyl adjacent to an activating group) is 2. The van der Waals surface area contributed by atoms with Gasteiger partial charge in [-0.2, -0.15) is 0 Å². The quantitative estimate of drug-likeness (QED) is 0.0589. The van der Waals surface area contributed by atoms with E-state index in [4.69, 9.17) is 9.47 Å². The number of nitrogens with zero attached hydrogens (tertiary/aromatic N) is 8. The predicted octanol–water partition coefficient (Wildman–Crippen LogP) is 3.34. The Morgan fingerprint density at radius 1 is 0.484 bits per heavy atom. The Bertz CT molecular complexity index is 5150. The number of hydrogen-bond donors (Lipinski definition) is 10. The Labute approximate surface area is 707 Å². The van der Waals surface area contributed by atoms with Gasteiger partial charge in [-0.3, -0.25) is 57.4 Å². The number of nitrogens with one attached hydrogen (secondary N) is 10. The fourth-order valence-corrected chi connectivity index (χ4v) is 18.1. The first-order chi connectivity index (χ1) is 58.0. The molecule has 2 aromatic heterocycles. The van der Waals surface area contributed by atoms with Crippen molar-refractivity contribution in [2.24, 2.45) is 10.8 Å². The van der Waals surface area contributed by atoms with Gasteiger partial charge in [0, 0.05) is 51.6 Å². The lowest BCUT2D eigenvalue weighted by Gasteiger charge is -2.36. The van der Waals surface area contributed by atoms with Gasteiger partial charge in [-0.15, -0.1) is 10.2 Å². The van der Waals surface area contributed by atoms with Gasteiger partial charge in [0.2, 0.25) is 67.3 Å². The minimum atomic E-state index is -4.20. The van der Waals surface area contributed by atoms with Crippen molar-refractivity contribution in [1.29, 1.82) is 0 Å². The molecule has 12 bridgehead atoms. The van der Waals surface area contributed by atoms with E-state index in [1.807, 2.05) is 60.7 Å². The number of carbonyl (C=O) groups is 10. The third-order valence-corrected chi connectivity index (χ3v) is 26.8. The van der Waals surface area contributed by atoms with Crippen LogP contribution in [0.1, 0.15) is 140 Å². The molecule has 0 radical (unpaired) electrons. The van der Waals surface area contributed by atoms with Crippen LogP contribution < -0.4 is 61.5 Å². The van der Waals surface area contributed by atoms with E-state index in [1.54, 1.807) is 155 Å². The minimum absolute atomic E-state index is 0.0985. The number of likely N-dealkylation sites (tertiary alicyclic amines) is 2. The molecule has 10 N–H and O–H groups in total. The smallest absolute Gasteiger partial charge is 0.256 e. The molecular formula is C86H106N18O16S2. The van der Waals surface area contributed by atoms with E-state index in [1.165, 1.54) is 19.2 Å². The molecule has 122 heavy (non-hydrogen) atoms. The summed E-state index contributed by atoms with van der Waals surface area (Å²) in [6.07, 6.45) is 3.35. The third kappa shape index (κ3) is 21.2. The molecule has 0 spiro atoms. The molecule has 4 fully saturated rings. The second-order valence-electron chi connectivity index (χ2n) is 34.4. The first-order valence-electron chi connectivity index (χ1n) is 41.1. The number of amides is 10. The average Bonchev–Trinajstić information content (AvgIpc) is 1.63. The predicted molar refractivity (Wildman–Crippen MR) is 450 cm³/mol. The van der Waals surface area contributed by atoms with Crippen LogP contribution >= 0.6 is 0 Å². The average molecular weight is 1710 g/mol. The molecule has 0 unspecified atom stereocenters. The Balaban J connectivity index is 0.864. The van der Waals surface area contributed by atoms with Gasteiger partial charge >= 0.3 is 0 Å². The van der Waals surface area contributed by atoms with Gasteiger partial charge in [0.25, 0.3) is 11.8 Å². The summed E-state index contributed by atoms with van der Waals surface area (Å²) in [7, 11) is -5.21. The lowest BCUT2D eigenvalue weighted by Crippen LogP contribution is -2.61. The van der Waals surface area contributed by atoms with E-state index in [0.717, 1.165) is 21.5 Å². The van der Waals surface area contributed by atoms with E-state index >= 15 is 28.8 Å². The zero-order chi connectivity index (χ0) is 87.3. The first kappa shape index (κ1) is 88.0. The number of fused-ring (bicyclic) bond motifs is 2. The van der Waals surface area contributed by atoms with Crippen LogP contribution in [0.15, 0.2) is 146 Å². The molecule has 6 aliphatic heterocycles. The molecule has 2 aliphatic carbocycles. The van der Waals surface area contributed by atoms with Crippen molar-refractivity contribution in [2.45, 2.75) is 216 Å². The molecule has 2 saturated carbocycles. The van der Waals surface area contributed by atoms with Crippen LogP contribution in [-0.2, 0) is 107 Å². The summed E-state index contributed by atoms with van der Waals surface area (Å²) in [6.45, 7) is 13.2. The molecule has 2 saturated heterocycles. The van der Waals surface area contributed by atoms with Gasteiger partial charge in [-0.1, -0.05) is 161 Å². The van der Waals surface area contributed by atoms with Crippen molar-refractivity contribution in [2.75, 3.05) is 27.2 Å². The summed E-state index contributed by atoms with van der Waals surface area (Å²) in [4.78, 5) is 152. The van der Waals surface area contributed by atoms with Crippen molar-refractivity contribution < 1.29 is 74.3 Å². The standard InChI is InChI=1S/C86H106N18O16S2/c1-49(87-9)75(105)93-73(85(3,4)5)83(113)101-45-59-41-71(101)81(111)91-69(39-55-21-15-19-53-17-11-13-23-65(53)55)77(107)89-67(79(109)97-121(115,116)63-33-34-63)37-51-27-31-62(32-28-51)120-48-58-44-104(100-96-58)60-42-72(102(46-60)84(114)74(86(6,7)8)94-76(106)50(2)88-10)82(112)92-70(40-56-22-16-20-54-18-12-14-24-66(54)56)78(108)90-68(80(110)98-122(117,118)64-35-36-64)38-52-25-29-61(30-26-52)119-47-57-43-103(59)99-95-57/h11-32,43-44,49-50,59-60,63-64,67-74,87-88H,33-42,45-48H2,1-10H3,(H,89,107)(H,90,108)(H,91,111)(H,92,112)(H,93,105)(H,94,106)(H,97,109)(H,98,110)/t49-,50-,59-,60-,67-,68-,69-,70-,71-,72-,73+,74+/m0/s1. The Kier molecular flexibility index (Phi) is 26.6. The largest absolute Gasteiger partial charge is 0.487 e. The summed E-state index contributed by atoms with van der Waals surface area (Å²) in [5, 5.41) is 42.3. The molecular weight excluding hydrogens is 1610 g/mol. The highest BCUT2D eigenvalue weighted by atomic mass is 32.2. The second-order valence-corrected chi connectivity index (χ2v) is 38.4. The third-order valence-electron chi connectivity index (χ3n) is 23.1. The zero-order valence-corrected chi connectivity index (χ0v) is 71.4. The maximum Gasteiger partial charge on any atom is 0.256 e. The summed E-state index contributed by atoms with van der Waals surface area (Å²) < 4.78 is 74.3. The number of benzene rings is 6. The van der Waals surface area contributed by atoms with E-state index < -0.39 is 173 Å². The molecule has 8 aliphatic rings. The number of ether oxygens (including phenoxy) is 2. The molecule has 8 heterocycles. The Morgan fingerprint density at radius 3 is 1.20 bits per heavy atom. The van der Waals surface area contributed by atoms with Crippen molar-refractivity contribution in [3.05, 3.63) is 179 Å². The highest BCUT2D eigenvalue weighted by Gasteiger charge is 2.50. The minimum Gasteiger partial charge on any atom is -0.487 e. The maximum absolute atomic E-state index is 15.6. The Hall–Kier alpha value is -11.8. The summed E-state index contributed by atoms with van der Waals surface area (Å²) in [5.74, 6) is -7.04. The SMILES string of the molecule is CN[C@@H](C)C(=O)N[C@H](C(=O)N1C[C@@H]2C[C@H]1C(=O)N[C@@H](Cc1cccc3ccccc13)C(=O)N[C@H](C(=O)NS(=O)(=O)C1CC1)Cc1ccc(cc1)OCc1cn(nn1)[C@H]1C[C@@H](C(=O)N[C@@H](Cc3cccc4ccccc34)C(=O)N[C@H](C(=O)NS(=O)(=O)C3CC3)Cc3ccc(cc3)OCc3cn2nn3)N(C(=O)[C@@H](NC(=O)[C@H](C)NC)C(C)(C)C)C1)C(C)(C)C. The highest BCUT2D eigenvalue weighted by molar-refractivity contribution is 7.91. The van der Waals surface area contributed by atoms with Gasteiger partial charge in [-0.25, -0.2) is 26.2 Å². The number of rotatable bonds is 18. The van der Waals surface area contributed by atoms with Crippen molar-refractivity contribution in [3.63, 3.8) is 0 Å². The monoisotopic (exact) mass is 1710 g/mol. The summed E-state index contributed by atoms with van der Waals surface area (Å²) >= 11 is 0. The van der Waals surface area contributed by atoms with Crippen LogP contribution in [-0.4, -0.2) is 214 Å². The fourth-order valence-electron chi connectivity index (χ4n) is 15.4. The van der Waals surface area contributed by atoms with Crippen LogP contribution in [0, 0.1) is 10.8 Å². The summed E-state index contributed by atoms with van der Waals surface area (Å²) in [5.41, 5.74) is 0.828. The molecule has 16 rings (SSSR count). The topological polar surface area (TPSA) is 446 Å². The van der Waals surface area contributed by atoms with Crippen LogP contribution in [0.3, 0.4) is 0 Å². The Morgan fingerprint density at radius 2 is 0.844 bits per heavy atom. The van der Waals surface area contributed by atoms with Crippen LogP contribution in [0.5, 0.6) is 11.5 Å². The molecule has 10 amide bonds. The van der Waals surface area contributed by atoms with Gasteiger partial charge < -0.3 is 61.8 Å². The lowest BCUT2D eigenvalue weighted by atomic mass is 9.85. The van der Waals surface area contributed by atoms with Crippen molar-refractivity contribution in [1.82, 2.24) is 91.8 Å². The number of aromatic nitrogens is 6. The van der Waals surface area contributed by atoms with E-state index in [2.05, 4.69) is 72.6 Å². The van der Waals surface area contributed by atoms with Gasteiger partial charge in [0.05, 0.1) is 47.1 Å². The zero-order valence-electron chi connectivity index (χ0n) is 69.8. The number of hydrogen-bond acceptors (Lipinski definition) is 22. The number of sulfonamides is 2. The molecule has 12 atom stereocenters. The van der Waals surface area contributed by atoms with Crippen molar-refractivity contribution >= 4 is 101 Å². The van der Waals surface area contributed by atoms with E-state index in [-0.39, 0.29) is 64.8 Å². The summed E-state index contributed by atoms with van der Waals surface area (Å²) in [6, 6.07) is 24.4. The fraction of sp³-hybridized carbons (Fsp3) is 0.465. The van der Waals surface area contributed by atoms with E-state index in [9.17, 15) is 36.0 Å². The van der Waals surface area contributed by atoms with Crippen LogP contribution in [0.25, 0.3) is 21.5 Å². The van der Waals surface area contributed by atoms with Gasteiger partial charge in [0.1, 0.15) is 84.4 Å². The molecule has 8 aromatic rings. The van der Waals surface area contributed by atoms with E-state index in [0.29, 0.717) is 70.8 Å². The van der Waals surface area contributed by atoms with Crippen LogP contribution in [0.4, 0.5) is 0 Å². The van der Waals surface area contributed by atoms with Crippen molar-refractivity contribution in [3.8, 4) is 11.5 Å². The molecule has 6 aromatic carbocycles. The maximum atomic E-state index is 15.6. The molecule has 34 nitrogen and oxygen atoms in total. The van der Waals surface area contributed by atoms with Gasteiger partial charge in [0.15, 0.2) is 0 Å².